The standard InChI is InChI=1S/C30H31N5O5S/c1-3-5-14-34(29(31)37)22-11-13-26-23(16-22)27(21-9-6-19(18-36)7-10-21)28(40-30(38)39-4-2)35(26)17-20-8-12-24-25(15-20)33-41-32-24/h6-13,15-16,36H,3-5,14,17-18H2,1-2H3,(H2,31,37). The third-order valence-corrected chi connectivity index (χ3v) is 7.40. The third kappa shape index (κ3) is 5.86. The second-order valence-corrected chi connectivity index (χ2v) is 10.1. The van der Waals surface area contributed by atoms with E-state index in [-0.39, 0.29) is 13.2 Å². The highest BCUT2D eigenvalue weighted by Crippen LogP contribution is 2.42. The van der Waals surface area contributed by atoms with Gasteiger partial charge in [0.1, 0.15) is 11.0 Å². The fourth-order valence-electron chi connectivity index (χ4n) is 4.82. The Morgan fingerprint density at radius 3 is 2.46 bits per heavy atom. The first-order valence-corrected chi connectivity index (χ1v) is 14.2. The number of hydrogen-bond acceptors (Lipinski definition) is 8. The maximum absolute atomic E-state index is 12.7. The number of fused-ring (bicyclic) bond motifs is 2. The van der Waals surface area contributed by atoms with Crippen molar-refractivity contribution in [1.82, 2.24) is 13.3 Å². The first-order chi connectivity index (χ1) is 19.9. The minimum absolute atomic E-state index is 0.0999. The van der Waals surface area contributed by atoms with Gasteiger partial charge in [-0.2, -0.15) is 8.75 Å². The van der Waals surface area contributed by atoms with Crippen LogP contribution in [0.5, 0.6) is 5.88 Å². The third-order valence-electron chi connectivity index (χ3n) is 6.84. The summed E-state index contributed by atoms with van der Waals surface area (Å²) in [5, 5.41) is 10.4. The molecule has 0 spiro atoms. The lowest BCUT2D eigenvalue weighted by Gasteiger charge is -2.20. The van der Waals surface area contributed by atoms with Crippen molar-refractivity contribution in [1.29, 1.82) is 0 Å². The van der Waals surface area contributed by atoms with Crippen LogP contribution in [0.1, 0.15) is 37.8 Å². The first kappa shape index (κ1) is 28.1. The van der Waals surface area contributed by atoms with Gasteiger partial charge in [-0.25, -0.2) is 9.59 Å². The summed E-state index contributed by atoms with van der Waals surface area (Å²) in [7, 11) is 0. The highest BCUT2D eigenvalue weighted by Gasteiger charge is 2.25. The molecule has 3 N–H and O–H groups in total. The number of benzene rings is 3. The zero-order valence-corrected chi connectivity index (χ0v) is 23.7. The van der Waals surface area contributed by atoms with E-state index in [1.54, 1.807) is 11.8 Å². The van der Waals surface area contributed by atoms with E-state index in [1.165, 1.54) is 0 Å². The molecular formula is C30H31N5O5S. The molecule has 0 aliphatic carbocycles. The summed E-state index contributed by atoms with van der Waals surface area (Å²) in [5.41, 5.74) is 11.9. The fourth-order valence-corrected chi connectivity index (χ4v) is 5.34. The summed E-state index contributed by atoms with van der Waals surface area (Å²) < 4.78 is 21.6. The number of rotatable bonds is 10. The van der Waals surface area contributed by atoms with Gasteiger partial charge in [-0.15, -0.1) is 0 Å². The minimum Gasteiger partial charge on any atom is -0.434 e. The largest absolute Gasteiger partial charge is 0.515 e. The van der Waals surface area contributed by atoms with Crippen LogP contribution in [0, 0.1) is 0 Å². The second-order valence-electron chi connectivity index (χ2n) is 9.54. The SMILES string of the molecule is CCCCN(C(N)=O)c1ccc2c(c1)c(-c1ccc(CO)cc1)c(OC(=O)OCC)n2Cc1ccc2nsnc2c1. The molecule has 0 saturated carbocycles. The van der Waals surface area contributed by atoms with Crippen molar-refractivity contribution in [3.8, 4) is 17.0 Å². The number of ether oxygens (including phenoxy) is 2. The van der Waals surface area contributed by atoms with Gasteiger partial charge in [0, 0.05) is 17.6 Å². The Hall–Kier alpha value is -4.48. The van der Waals surface area contributed by atoms with Crippen molar-refractivity contribution in [2.24, 2.45) is 5.73 Å². The molecule has 0 aliphatic heterocycles. The fraction of sp³-hybridized carbons (Fsp3) is 0.267. The number of hydrogen-bond donors (Lipinski definition) is 2. The highest BCUT2D eigenvalue weighted by atomic mass is 32.1. The topological polar surface area (TPSA) is 133 Å². The number of amides is 2. The second kappa shape index (κ2) is 12.4. The van der Waals surface area contributed by atoms with Crippen molar-refractivity contribution in [3.05, 3.63) is 71.8 Å². The monoisotopic (exact) mass is 573 g/mol. The number of nitrogens with two attached hydrogens (primary N) is 1. The van der Waals surface area contributed by atoms with Crippen molar-refractivity contribution < 1.29 is 24.2 Å². The van der Waals surface area contributed by atoms with Gasteiger partial charge in [-0.1, -0.05) is 43.7 Å². The van der Waals surface area contributed by atoms with E-state index in [1.807, 2.05) is 65.2 Å². The Labute approximate surface area is 241 Å². The molecule has 0 radical (unpaired) electrons. The van der Waals surface area contributed by atoms with Gasteiger partial charge < -0.3 is 24.9 Å². The lowest BCUT2D eigenvalue weighted by Crippen LogP contribution is -2.36. The normalized spacial score (nSPS) is 11.2. The first-order valence-electron chi connectivity index (χ1n) is 13.4. The number of carbonyl (C=O) groups is 2. The number of nitrogens with zero attached hydrogens (tertiary/aromatic N) is 4. The quantitative estimate of drug-likeness (QED) is 0.194. The molecule has 41 heavy (non-hydrogen) atoms. The zero-order chi connectivity index (χ0) is 28.9. The molecule has 11 heteroatoms. The summed E-state index contributed by atoms with van der Waals surface area (Å²) >= 11 is 1.15. The van der Waals surface area contributed by atoms with E-state index >= 15 is 0 Å². The van der Waals surface area contributed by atoms with Crippen LogP contribution in [0.15, 0.2) is 60.7 Å². The molecule has 0 unspecified atom stereocenters. The number of anilines is 1. The summed E-state index contributed by atoms with van der Waals surface area (Å²) in [6, 6.07) is 18.3. The average Bonchev–Trinajstić information content (AvgIpc) is 3.55. The zero-order valence-electron chi connectivity index (χ0n) is 22.9. The summed E-state index contributed by atoms with van der Waals surface area (Å²) in [6.45, 7) is 4.66. The van der Waals surface area contributed by atoms with E-state index in [0.29, 0.717) is 30.2 Å². The van der Waals surface area contributed by atoms with E-state index in [4.69, 9.17) is 15.2 Å². The van der Waals surface area contributed by atoms with E-state index < -0.39 is 12.2 Å². The molecule has 0 bridgehead atoms. The molecule has 3 aromatic carbocycles. The summed E-state index contributed by atoms with van der Waals surface area (Å²) in [5.74, 6) is 0.294. The number of carbonyl (C=O) groups excluding carboxylic acids is 2. The number of urea groups is 1. The van der Waals surface area contributed by atoms with Crippen LogP contribution in [0.2, 0.25) is 0 Å². The molecule has 0 atom stereocenters. The van der Waals surface area contributed by atoms with Gasteiger partial charge in [0.05, 0.1) is 42.6 Å². The predicted molar refractivity (Wildman–Crippen MR) is 159 cm³/mol. The van der Waals surface area contributed by atoms with Crippen molar-refractivity contribution in [2.45, 2.75) is 39.8 Å². The van der Waals surface area contributed by atoms with Gasteiger partial charge in [0.2, 0.25) is 5.88 Å². The highest BCUT2D eigenvalue weighted by molar-refractivity contribution is 7.00. The molecule has 0 aliphatic rings. The average molecular weight is 574 g/mol. The van der Waals surface area contributed by atoms with E-state index in [0.717, 1.165) is 63.2 Å². The van der Waals surface area contributed by atoms with Crippen molar-refractivity contribution in [2.75, 3.05) is 18.1 Å². The number of primary amides is 1. The Bertz CT molecular complexity index is 1700. The maximum atomic E-state index is 12.7. The Morgan fingerprint density at radius 1 is 1.00 bits per heavy atom. The van der Waals surface area contributed by atoms with Gasteiger partial charge in [0.15, 0.2) is 0 Å². The Kier molecular flexibility index (Phi) is 8.46. The van der Waals surface area contributed by atoms with Crippen LogP contribution in [-0.2, 0) is 17.9 Å². The molecule has 2 heterocycles. The van der Waals surface area contributed by atoms with Crippen LogP contribution >= 0.6 is 11.7 Å². The number of aromatic nitrogens is 3. The van der Waals surface area contributed by atoms with E-state index in [2.05, 4.69) is 15.7 Å². The molecule has 212 valence electrons. The van der Waals surface area contributed by atoms with Gasteiger partial charge >= 0.3 is 12.2 Å². The van der Waals surface area contributed by atoms with Crippen LogP contribution in [0.4, 0.5) is 15.3 Å². The number of unbranched alkanes of at least 4 members (excludes halogenated alkanes) is 1. The van der Waals surface area contributed by atoms with Crippen LogP contribution in [0.3, 0.4) is 0 Å². The Morgan fingerprint density at radius 2 is 1.76 bits per heavy atom. The van der Waals surface area contributed by atoms with Gasteiger partial charge in [0.25, 0.3) is 0 Å². The smallest absolute Gasteiger partial charge is 0.434 e. The lowest BCUT2D eigenvalue weighted by atomic mass is 10.0. The molecule has 2 aromatic heterocycles. The van der Waals surface area contributed by atoms with Crippen LogP contribution < -0.4 is 15.4 Å². The predicted octanol–water partition coefficient (Wildman–Crippen LogP) is 6.07. The van der Waals surface area contributed by atoms with E-state index in [9.17, 15) is 14.7 Å². The maximum Gasteiger partial charge on any atom is 0.515 e. The molecule has 5 aromatic rings. The molecular weight excluding hydrogens is 542 g/mol. The molecule has 10 nitrogen and oxygen atoms in total. The van der Waals surface area contributed by atoms with Gasteiger partial charge in [-0.3, -0.25) is 4.90 Å². The molecule has 2 amide bonds. The van der Waals surface area contributed by atoms with Crippen LogP contribution in [-0.4, -0.2) is 43.8 Å². The molecule has 0 saturated heterocycles. The lowest BCUT2D eigenvalue weighted by molar-refractivity contribution is 0.101. The molecule has 5 rings (SSSR count). The minimum atomic E-state index is -0.828. The summed E-state index contributed by atoms with van der Waals surface area (Å²) in [4.78, 5) is 26.7. The molecule has 0 fully saturated rings. The van der Waals surface area contributed by atoms with Gasteiger partial charge in [-0.05, 0) is 60.4 Å². The number of aliphatic hydroxyl groups excluding tert-OH is 1. The van der Waals surface area contributed by atoms with Crippen molar-refractivity contribution in [3.63, 3.8) is 0 Å². The summed E-state index contributed by atoms with van der Waals surface area (Å²) in [6.07, 6.45) is 0.870. The van der Waals surface area contributed by atoms with Crippen molar-refractivity contribution >= 4 is 51.5 Å². The van der Waals surface area contributed by atoms with Crippen LogP contribution in [0.25, 0.3) is 33.1 Å². The number of aliphatic hydroxyl groups is 1. The Balaban J connectivity index is 1.74.